The van der Waals surface area contributed by atoms with Crippen molar-refractivity contribution < 1.29 is 4.73 Å². The maximum atomic E-state index is 11.8. The van der Waals surface area contributed by atoms with Gasteiger partial charge in [-0.15, -0.1) is 0 Å². The number of fused-ring (bicyclic) bond motifs is 1. The maximum absolute atomic E-state index is 11.8. The summed E-state index contributed by atoms with van der Waals surface area (Å²) < 4.78 is 0.938. The van der Waals surface area contributed by atoms with E-state index in [-0.39, 0.29) is 5.92 Å². The van der Waals surface area contributed by atoms with E-state index >= 15 is 0 Å². The van der Waals surface area contributed by atoms with Crippen LogP contribution >= 0.6 is 12.2 Å². The number of nitrogens with two attached hydrogens (primary N) is 1. The van der Waals surface area contributed by atoms with Crippen molar-refractivity contribution in [1.29, 1.82) is 0 Å². The lowest BCUT2D eigenvalue weighted by atomic mass is 9.86. The normalized spacial score (nSPS) is 19.7. The third kappa shape index (κ3) is 1.81. The van der Waals surface area contributed by atoms with E-state index in [4.69, 9.17) is 18.0 Å². The first-order chi connectivity index (χ1) is 7.09. The minimum atomic E-state index is -0.0400. The molecule has 0 saturated carbocycles. The summed E-state index contributed by atoms with van der Waals surface area (Å²) in [6, 6.07) is 2.06. The second-order valence-electron chi connectivity index (χ2n) is 4.10. The molecule has 1 atom stereocenters. The summed E-state index contributed by atoms with van der Waals surface area (Å²) in [6.07, 6.45) is 4.50. The van der Waals surface area contributed by atoms with E-state index < -0.39 is 0 Å². The number of aromatic nitrogens is 1. The molecule has 4 heteroatoms. The van der Waals surface area contributed by atoms with Gasteiger partial charge in [0.15, 0.2) is 6.20 Å². The molecule has 3 nitrogen and oxygen atoms in total. The summed E-state index contributed by atoms with van der Waals surface area (Å²) in [7, 11) is 0. The van der Waals surface area contributed by atoms with E-state index in [0.717, 1.165) is 40.8 Å². The molecule has 0 amide bonds. The molecule has 1 heterocycles. The highest BCUT2D eigenvalue weighted by atomic mass is 32.1. The van der Waals surface area contributed by atoms with Crippen molar-refractivity contribution in [3.05, 3.63) is 34.3 Å². The van der Waals surface area contributed by atoms with Crippen LogP contribution in [0.4, 0.5) is 0 Å². The van der Waals surface area contributed by atoms with Crippen LogP contribution in [-0.4, -0.2) is 4.99 Å². The van der Waals surface area contributed by atoms with Crippen LogP contribution in [-0.2, 0) is 6.42 Å². The Kier molecular flexibility index (Phi) is 2.61. The van der Waals surface area contributed by atoms with Crippen LogP contribution in [0.25, 0.3) is 0 Å². The lowest BCUT2D eigenvalue weighted by Crippen LogP contribution is -2.40. The van der Waals surface area contributed by atoms with Gasteiger partial charge in [-0.2, -0.15) is 4.73 Å². The minimum absolute atomic E-state index is 0.0400. The van der Waals surface area contributed by atoms with Crippen molar-refractivity contribution in [2.75, 3.05) is 0 Å². The average Bonchev–Trinajstić information content (AvgIpc) is 2.16. The van der Waals surface area contributed by atoms with Crippen LogP contribution in [0.3, 0.4) is 0 Å². The van der Waals surface area contributed by atoms with Gasteiger partial charge in [-0.05, 0) is 32.3 Å². The molecule has 0 saturated heterocycles. The number of nitrogens with zero attached hydrogens (tertiary/aromatic N) is 1. The van der Waals surface area contributed by atoms with E-state index in [1.165, 1.54) is 0 Å². The Morgan fingerprint density at radius 1 is 1.67 bits per heavy atom. The number of hydrogen-bond donors (Lipinski definition) is 1. The minimum Gasteiger partial charge on any atom is -0.618 e. The van der Waals surface area contributed by atoms with Crippen LogP contribution in [0.15, 0.2) is 12.3 Å². The van der Waals surface area contributed by atoms with Gasteiger partial charge in [0.1, 0.15) is 0 Å². The van der Waals surface area contributed by atoms with Crippen LogP contribution < -0.4 is 10.5 Å². The summed E-state index contributed by atoms with van der Waals surface area (Å²) in [4.78, 5) is 0.435. The Morgan fingerprint density at radius 3 is 3.07 bits per heavy atom. The number of thiocarbonyl (C=S) groups is 1. The molecular weight excluding hydrogens is 208 g/mol. The fraction of sp³-hybridized carbons (Fsp3) is 0.455. The third-order valence-electron chi connectivity index (χ3n) is 2.90. The van der Waals surface area contributed by atoms with Crippen molar-refractivity contribution >= 4 is 17.2 Å². The second-order valence-corrected chi connectivity index (χ2v) is 4.57. The lowest BCUT2D eigenvalue weighted by Gasteiger charge is -2.22. The Labute approximate surface area is 94.5 Å². The number of hydrogen-bond acceptors (Lipinski definition) is 2. The van der Waals surface area contributed by atoms with Gasteiger partial charge in [-0.25, -0.2) is 0 Å². The van der Waals surface area contributed by atoms with Crippen molar-refractivity contribution in [3.63, 3.8) is 0 Å². The molecule has 2 N–H and O–H groups in total. The molecule has 0 bridgehead atoms. The van der Waals surface area contributed by atoms with Gasteiger partial charge in [0.25, 0.3) is 0 Å². The van der Waals surface area contributed by atoms with Crippen LogP contribution in [0.2, 0.25) is 0 Å². The smallest absolute Gasteiger partial charge is 0.205 e. The first-order valence-electron chi connectivity index (χ1n) is 5.11. The third-order valence-corrected chi connectivity index (χ3v) is 3.19. The second kappa shape index (κ2) is 3.77. The summed E-state index contributed by atoms with van der Waals surface area (Å²) in [5.74, 6) is -0.0400. The molecule has 0 radical (unpaired) electrons. The molecule has 1 aromatic rings. The van der Waals surface area contributed by atoms with Crippen LogP contribution in [0.5, 0.6) is 0 Å². The SMILES string of the molecule is Cc1cc2c([n+]([O-])c1)C(C(N)=S)CCC2. The van der Waals surface area contributed by atoms with Gasteiger partial charge in [0.05, 0.1) is 10.9 Å². The maximum Gasteiger partial charge on any atom is 0.205 e. The molecule has 80 valence electrons. The van der Waals surface area contributed by atoms with Crippen molar-refractivity contribution in [3.8, 4) is 0 Å². The molecule has 0 aliphatic heterocycles. The zero-order valence-corrected chi connectivity index (χ0v) is 9.51. The highest BCUT2D eigenvalue weighted by Crippen LogP contribution is 2.29. The van der Waals surface area contributed by atoms with Gasteiger partial charge in [-0.1, -0.05) is 12.2 Å². The monoisotopic (exact) mass is 222 g/mol. The summed E-state index contributed by atoms with van der Waals surface area (Å²) in [5, 5.41) is 11.8. The molecular formula is C11H14N2OS. The topological polar surface area (TPSA) is 53.0 Å². The van der Waals surface area contributed by atoms with E-state index in [2.05, 4.69) is 6.07 Å². The summed E-state index contributed by atoms with van der Waals surface area (Å²) in [5.41, 5.74) is 8.53. The average molecular weight is 222 g/mol. The number of rotatable bonds is 1. The fourth-order valence-corrected chi connectivity index (χ4v) is 2.50. The molecule has 0 aromatic carbocycles. The molecule has 1 aliphatic rings. The quantitative estimate of drug-likeness (QED) is 0.443. The standard InChI is InChI=1S/C11H14N2OS/c1-7-5-8-3-2-4-9(11(12)15)10(8)13(14)6-7/h5-6,9H,2-4H2,1H3,(H2,12,15). The van der Waals surface area contributed by atoms with Crippen molar-refractivity contribution in [2.45, 2.75) is 32.1 Å². The van der Waals surface area contributed by atoms with E-state index in [1.807, 2.05) is 6.92 Å². The first-order valence-corrected chi connectivity index (χ1v) is 5.52. The van der Waals surface area contributed by atoms with Gasteiger partial charge in [0.2, 0.25) is 5.69 Å². The zero-order chi connectivity index (χ0) is 11.0. The molecule has 2 rings (SSSR count). The molecule has 0 spiro atoms. The molecule has 1 unspecified atom stereocenters. The highest BCUT2D eigenvalue weighted by Gasteiger charge is 2.30. The van der Waals surface area contributed by atoms with Crippen molar-refractivity contribution in [1.82, 2.24) is 0 Å². The molecule has 15 heavy (non-hydrogen) atoms. The Hall–Kier alpha value is -1.16. The highest BCUT2D eigenvalue weighted by molar-refractivity contribution is 7.80. The van der Waals surface area contributed by atoms with Gasteiger partial charge < -0.3 is 10.9 Å². The number of pyridine rings is 1. The van der Waals surface area contributed by atoms with Crippen LogP contribution in [0.1, 0.15) is 35.6 Å². The van der Waals surface area contributed by atoms with E-state index in [1.54, 1.807) is 6.20 Å². The zero-order valence-electron chi connectivity index (χ0n) is 8.69. The predicted molar refractivity (Wildman–Crippen MR) is 62.6 cm³/mol. The van der Waals surface area contributed by atoms with Gasteiger partial charge >= 0.3 is 0 Å². The molecule has 1 aromatic heterocycles. The molecule has 0 fully saturated rings. The summed E-state index contributed by atoms with van der Waals surface area (Å²) >= 11 is 5.01. The molecule has 1 aliphatic carbocycles. The van der Waals surface area contributed by atoms with Crippen LogP contribution in [0, 0.1) is 12.1 Å². The van der Waals surface area contributed by atoms with E-state index in [0.29, 0.717) is 4.99 Å². The largest absolute Gasteiger partial charge is 0.618 e. The van der Waals surface area contributed by atoms with Crippen molar-refractivity contribution in [2.24, 2.45) is 5.73 Å². The van der Waals surface area contributed by atoms with Gasteiger partial charge in [0, 0.05) is 11.1 Å². The first kappa shape index (κ1) is 10.4. The fourth-order valence-electron chi connectivity index (χ4n) is 2.27. The van der Waals surface area contributed by atoms with Gasteiger partial charge in [-0.3, -0.25) is 0 Å². The predicted octanol–water partition coefficient (Wildman–Crippen LogP) is 1.33. The Bertz CT molecular complexity index is 417. The van der Waals surface area contributed by atoms with E-state index in [9.17, 15) is 5.21 Å². The lowest BCUT2D eigenvalue weighted by molar-refractivity contribution is -0.615. The Morgan fingerprint density at radius 2 is 2.40 bits per heavy atom. The summed E-state index contributed by atoms with van der Waals surface area (Å²) in [6.45, 7) is 1.93. The Balaban J connectivity index is 2.55. The number of aryl methyl sites for hydroxylation is 2.